The van der Waals surface area contributed by atoms with Crippen LogP contribution in [0.5, 0.6) is 0 Å². The van der Waals surface area contributed by atoms with Gasteiger partial charge in [-0.05, 0) is 35.9 Å². The number of nitrogens with zero attached hydrogens (tertiary/aromatic N) is 2. The van der Waals surface area contributed by atoms with Crippen molar-refractivity contribution in [3.63, 3.8) is 0 Å². The summed E-state index contributed by atoms with van der Waals surface area (Å²) in [6.45, 7) is 0. The summed E-state index contributed by atoms with van der Waals surface area (Å²) in [4.78, 5) is 12.3. The van der Waals surface area contributed by atoms with Crippen LogP contribution in [0.25, 0.3) is 11.5 Å². The predicted molar refractivity (Wildman–Crippen MR) is 116 cm³/mol. The van der Waals surface area contributed by atoms with Gasteiger partial charge in [-0.25, -0.2) is 8.42 Å². The molecule has 0 spiro atoms. The molecule has 9 heteroatoms. The maximum absolute atomic E-state index is 12.6. The van der Waals surface area contributed by atoms with Crippen LogP contribution in [0.15, 0.2) is 88.5 Å². The van der Waals surface area contributed by atoms with Gasteiger partial charge in [-0.1, -0.05) is 65.2 Å². The summed E-state index contributed by atoms with van der Waals surface area (Å²) < 4.78 is 30.5. The van der Waals surface area contributed by atoms with E-state index < -0.39 is 15.1 Å². The van der Waals surface area contributed by atoms with E-state index in [4.69, 9.17) is 16.0 Å². The van der Waals surface area contributed by atoms with Gasteiger partial charge < -0.3 is 9.73 Å². The Balaban J connectivity index is 1.53. The fourth-order valence-corrected chi connectivity index (χ4v) is 4.25. The molecule has 1 N–H and O–H groups in total. The van der Waals surface area contributed by atoms with E-state index in [0.717, 1.165) is 0 Å². The first kappa shape index (κ1) is 20.8. The number of carbonyl (C=O) groups is 1. The summed E-state index contributed by atoms with van der Waals surface area (Å²) in [5, 5.41) is 9.99. The first-order valence-electron chi connectivity index (χ1n) is 9.19. The zero-order valence-electron chi connectivity index (χ0n) is 16.0. The van der Waals surface area contributed by atoms with Crippen molar-refractivity contribution in [2.24, 2.45) is 0 Å². The quantitative estimate of drug-likeness (QED) is 0.457. The molecule has 0 saturated heterocycles. The summed E-state index contributed by atoms with van der Waals surface area (Å²) in [7, 11) is -3.81. The number of halogens is 1. The van der Waals surface area contributed by atoms with E-state index in [-0.39, 0.29) is 22.6 Å². The number of benzene rings is 3. The highest BCUT2D eigenvalue weighted by Crippen LogP contribution is 2.31. The molecule has 1 aromatic heterocycles. The standard InChI is InChI=1S/C22H16ClN3O4S/c23-19-13-17(24-20(27)16-9-5-2-6-10-16)11-12-18(19)21-25-26-22(30-21)31(28,29)14-15-7-3-1-4-8-15/h1-13H,14H2,(H,24,27). The van der Waals surface area contributed by atoms with E-state index in [9.17, 15) is 13.2 Å². The maximum Gasteiger partial charge on any atom is 0.336 e. The van der Waals surface area contributed by atoms with Crippen LogP contribution in [0.4, 0.5) is 5.69 Å². The Bertz CT molecular complexity index is 1320. The number of carbonyl (C=O) groups excluding carboxylic acids is 1. The van der Waals surface area contributed by atoms with Crippen LogP contribution in [-0.4, -0.2) is 24.5 Å². The van der Waals surface area contributed by atoms with Gasteiger partial charge in [0.25, 0.3) is 5.91 Å². The molecule has 0 aliphatic rings. The second-order valence-corrected chi connectivity index (χ2v) is 8.91. The Morgan fingerprint density at radius 1 is 0.935 bits per heavy atom. The SMILES string of the molecule is O=C(Nc1ccc(-c2nnc(S(=O)(=O)Cc3ccccc3)o2)c(Cl)c1)c1ccccc1. The van der Waals surface area contributed by atoms with Crippen molar-refractivity contribution in [1.29, 1.82) is 0 Å². The van der Waals surface area contributed by atoms with Gasteiger partial charge in [-0.15, -0.1) is 5.10 Å². The highest BCUT2D eigenvalue weighted by Gasteiger charge is 2.24. The van der Waals surface area contributed by atoms with Gasteiger partial charge in [0.1, 0.15) is 0 Å². The van der Waals surface area contributed by atoms with E-state index in [1.165, 1.54) is 6.07 Å². The summed E-state index contributed by atoms with van der Waals surface area (Å²) in [6, 6.07) is 22.2. The Labute approximate surface area is 183 Å². The predicted octanol–water partition coefficient (Wildman–Crippen LogP) is 4.62. The molecule has 31 heavy (non-hydrogen) atoms. The number of sulfone groups is 1. The molecule has 0 bridgehead atoms. The summed E-state index contributed by atoms with van der Waals surface area (Å²) >= 11 is 6.32. The van der Waals surface area contributed by atoms with Crippen molar-refractivity contribution in [3.05, 3.63) is 95.0 Å². The molecule has 0 atom stereocenters. The smallest absolute Gasteiger partial charge is 0.336 e. The molecule has 1 heterocycles. The Kier molecular flexibility index (Phi) is 5.83. The van der Waals surface area contributed by atoms with Gasteiger partial charge in [-0.3, -0.25) is 4.79 Å². The van der Waals surface area contributed by atoms with E-state index >= 15 is 0 Å². The monoisotopic (exact) mass is 453 g/mol. The average Bonchev–Trinajstić information content (AvgIpc) is 3.26. The molecule has 0 saturated carbocycles. The third-order valence-corrected chi connectivity index (χ3v) is 6.09. The second-order valence-electron chi connectivity index (χ2n) is 6.63. The third kappa shape index (κ3) is 4.82. The largest absolute Gasteiger partial charge is 0.408 e. The van der Waals surface area contributed by atoms with Crippen LogP contribution >= 0.6 is 11.6 Å². The van der Waals surface area contributed by atoms with Crippen LogP contribution in [0, 0.1) is 0 Å². The highest BCUT2D eigenvalue weighted by atomic mass is 35.5. The topological polar surface area (TPSA) is 102 Å². The molecule has 7 nitrogen and oxygen atoms in total. The molecule has 0 radical (unpaired) electrons. The van der Waals surface area contributed by atoms with Gasteiger partial charge in [0.15, 0.2) is 0 Å². The molecule has 0 unspecified atom stereocenters. The number of amides is 1. The average molecular weight is 454 g/mol. The zero-order valence-corrected chi connectivity index (χ0v) is 17.6. The number of hydrogen-bond acceptors (Lipinski definition) is 6. The highest BCUT2D eigenvalue weighted by molar-refractivity contribution is 7.90. The van der Waals surface area contributed by atoms with Crippen LogP contribution in [0.3, 0.4) is 0 Å². The third-order valence-electron chi connectivity index (χ3n) is 4.37. The van der Waals surface area contributed by atoms with Crippen LogP contribution < -0.4 is 5.32 Å². The lowest BCUT2D eigenvalue weighted by Crippen LogP contribution is -2.11. The molecule has 4 aromatic rings. The minimum absolute atomic E-state index is 0.0300. The molecule has 3 aromatic carbocycles. The summed E-state index contributed by atoms with van der Waals surface area (Å²) in [6.07, 6.45) is 0. The Morgan fingerprint density at radius 3 is 2.29 bits per heavy atom. The number of rotatable bonds is 6. The number of hydrogen-bond donors (Lipinski definition) is 1. The van der Waals surface area contributed by atoms with Gasteiger partial charge in [0.2, 0.25) is 15.7 Å². The number of anilines is 1. The molecule has 1 amide bonds. The van der Waals surface area contributed by atoms with Crippen molar-refractivity contribution in [3.8, 4) is 11.5 Å². The lowest BCUT2D eigenvalue weighted by atomic mass is 10.2. The summed E-state index contributed by atoms with van der Waals surface area (Å²) in [5.41, 5.74) is 1.94. The van der Waals surface area contributed by atoms with Crippen LogP contribution in [-0.2, 0) is 15.6 Å². The first-order valence-corrected chi connectivity index (χ1v) is 11.2. The lowest BCUT2D eigenvalue weighted by Gasteiger charge is -2.07. The fraction of sp³-hybridized carbons (Fsp3) is 0.0455. The van der Waals surface area contributed by atoms with Gasteiger partial charge in [0, 0.05) is 11.3 Å². The normalized spacial score (nSPS) is 11.3. The lowest BCUT2D eigenvalue weighted by molar-refractivity contribution is 0.102. The van der Waals surface area contributed by atoms with Crippen molar-refractivity contribution in [2.75, 3.05) is 5.32 Å². The molecule has 0 aliphatic heterocycles. The molecule has 4 rings (SSSR count). The van der Waals surface area contributed by atoms with Crippen molar-refractivity contribution < 1.29 is 17.6 Å². The van der Waals surface area contributed by atoms with Gasteiger partial charge >= 0.3 is 5.22 Å². The van der Waals surface area contributed by atoms with Gasteiger partial charge in [0.05, 0.1) is 16.3 Å². The second kappa shape index (κ2) is 8.71. The van der Waals surface area contributed by atoms with Crippen molar-refractivity contribution in [2.45, 2.75) is 11.0 Å². The molecule has 156 valence electrons. The number of aromatic nitrogens is 2. The minimum atomic E-state index is -3.81. The Morgan fingerprint density at radius 2 is 1.61 bits per heavy atom. The van der Waals surface area contributed by atoms with E-state index in [0.29, 0.717) is 22.4 Å². The first-order chi connectivity index (χ1) is 14.9. The van der Waals surface area contributed by atoms with Crippen molar-refractivity contribution >= 4 is 33.0 Å². The fourth-order valence-electron chi connectivity index (χ4n) is 2.86. The maximum atomic E-state index is 12.6. The van der Waals surface area contributed by atoms with Crippen molar-refractivity contribution in [1.82, 2.24) is 10.2 Å². The molecule has 0 aliphatic carbocycles. The molecular formula is C22H16ClN3O4S. The van der Waals surface area contributed by atoms with Crippen LogP contribution in [0.2, 0.25) is 5.02 Å². The number of nitrogens with one attached hydrogen (secondary N) is 1. The van der Waals surface area contributed by atoms with E-state index in [1.807, 2.05) is 6.07 Å². The van der Waals surface area contributed by atoms with Gasteiger partial charge in [-0.2, -0.15) is 0 Å². The molecular weight excluding hydrogens is 438 g/mol. The van der Waals surface area contributed by atoms with E-state index in [2.05, 4.69) is 15.5 Å². The Hall–Kier alpha value is -3.49. The van der Waals surface area contributed by atoms with Crippen LogP contribution in [0.1, 0.15) is 15.9 Å². The molecule has 0 fully saturated rings. The van der Waals surface area contributed by atoms with E-state index in [1.54, 1.807) is 66.7 Å². The zero-order chi connectivity index (χ0) is 21.8. The minimum Gasteiger partial charge on any atom is -0.408 e. The summed E-state index contributed by atoms with van der Waals surface area (Å²) in [5.74, 6) is -0.567.